The van der Waals surface area contributed by atoms with Gasteiger partial charge in [0.25, 0.3) is 10.0 Å². The Hall–Kier alpha value is -1.61. The second-order valence-corrected chi connectivity index (χ2v) is 5.04. The molecule has 0 atom stereocenters. The molecular formula is C8H15N5O3S. The van der Waals surface area contributed by atoms with Gasteiger partial charge in [-0.25, -0.2) is 18.1 Å². The normalized spacial score (nSPS) is 12.9. The summed E-state index contributed by atoms with van der Waals surface area (Å²) in [5.74, 6) is 0.386. The molecule has 0 saturated carbocycles. The Balaban J connectivity index is 2.90. The number of nitrogens with one attached hydrogen (secondary N) is 1. The molecule has 1 heterocycles. The van der Waals surface area contributed by atoms with Gasteiger partial charge in [0.2, 0.25) is 0 Å². The molecule has 0 saturated heterocycles. The molecule has 0 unspecified atom stereocenters. The van der Waals surface area contributed by atoms with Crippen molar-refractivity contribution in [2.24, 2.45) is 10.9 Å². The van der Waals surface area contributed by atoms with Crippen molar-refractivity contribution in [1.82, 2.24) is 14.3 Å². The van der Waals surface area contributed by atoms with Crippen LogP contribution in [-0.4, -0.2) is 35.6 Å². The van der Waals surface area contributed by atoms with Crippen LogP contribution in [0.5, 0.6) is 0 Å². The van der Waals surface area contributed by atoms with Crippen LogP contribution in [-0.2, 0) is 16.6 Å². The zero-order valence-corrected chi connectivity index (χ0v) is 10.4. The van der Waals surface area contributed by atoms with Gasteiger partial charge in [-0.3, -0.25) is 0 Å². The predicted molar refractivity (Wildman–Crippen MR) is 61.2 cm³/mol. The minimum atomic E-state index is -3.73. The van der Waals surface area contributed by atoms with Gasteiger partial charge in [0.1, 0.15) is 5.82 Å². The average molecular weight is 261 g/mol. The van der Waals surface area contributed by atoms with Crippen LogP contribution in [0.4, 0.5) is 0 Å². The van der Waals surface area contributed by atoms with Gasteiger partial charge in [-0.15, -0.1) is 0 Å². The molecular weight excluding hydrogens is 246 g/mol. The van der Waals surface area contributed by atoms with E-state index in [4.69, 9.17) is 10.9 Å². The van der Waals surface area contributed by atoms with Gasteiger partial charge < -0.3 is 15.5 Å². The molecule has 8 nitrogen and oxygen atoms in total. The first-order chi connectivity index (χ1) is 7.90. The van der Waals surface area contributed by atoms with Crippen LogP contribution >= 0.6 is 0 Å². The molecule has 17 heavy (non-hydrogen) atoms. The molecule has 0 aliphatic heterocycles. The van der Waals surface area contributed by atoms with Crippen molar-refractivity contribution in [3.63, 3.8) is 0 Å². The Labute approximate surface area is 99.2 Å². The first-order valence-electron chi connectivity index (χ1n) is 4.90. The summed E-state index contributed by atoms with van der Waals surface area (Å²) in [5, 5.41) is 10.9. The molecule has 4 N–H and O–H groups in total. The van der Waals surface area contributed by atoms with Crippen LogP contribution in [0.1, 0.15) is 12.7 Å². The molecule has 1 rings (SSSR count). The second-order valence-electron chi connectivity index (χ2n) is 3.33. The van der Waals surface area contributed by atoms with E-state index in [1.165, 1.54) is 6.20 Å². The Morgan fingerprint density at radius 2 is 2.35 bits per heavy atom. The maximum Gasteiger partial charge on any atom is 0.260 e. The standard InChI is InChI=1S/C8H15N5O3S/c1-3-13-5-8(11-6(13)2)17(15,16)10-4-7(9)12-14/h5,10,14H,3-4H2,1-2H3,(H2,9,12). The van der Waals surface area contributed by atoms with Crippen molar-refractivity contribution in [1.29, 1.82) is 0 Å². The van der Waals surface area contributed by atoms with Gasteiger partial charge >= 0.3 is 0 Å². The van der Waals surface area contributed by atoms with Gasteiger partial charge in [0.15, 0.2) is 10.9 Å². The van der Waals surface area contributed by atoms with Crippen LogP contribution in [0.2, 0.25) is 0 Å². The van der Waals surface area contributed by atoms with Gasteiger partial charge in [-0.05, 0) is 13.8 Å². The lowest BCUT2D eigenvalue weighted by Crippen LogP contribution is -2.33. The smallest absolute Gasteiger partial charge is 0.260 e. The Kier molecular flexibility index (Phi) is 4.07. The van der Waals surface area contributed by atoms with E-state index < -0.39 is 10.0 Å². The van der Waals surface area contributed by atoms with E-state index in [1.54, 1.807) is 11.5 Å². The van der Waals surface area contributed by atoms with Crippen LogP contribution in [0.3, 0.4) is 0 Å². The minimum Gasteiger partial charge on any atom is -0.409 e. The highest BCUT2D eigenvalue weighted by atomic mass is 32.2. The van der Waals surface area contributed by atoms with Crippen LogP contribution in [0.15, 0.2) is 16.4 Å². The third-order valence-electron chi connectivity index (χ3n) is 2.14. The highest BCUT2D eigenvalue weighted by Gasteiger charge is 2.18. The highest BCUT2D eigenvalue weighted by Crippen LogP contribution is 2.08. The van der Waals surface area contributed by atoms with Gasteiger partial charge in [-0.2, -0.15) is 0 Å². The average Bonchev–Trinajstić information content (AvgIpc) is 2.68. The van der Waals surface area contributed by atoms with Crippen molar-refractivity contribution in [3.05, 3.63) is 12.0 Å². The summed E-state index contributed by atoms with van der Waals surface area (Å²) in [5.41, 5.74) is 5.17. The lowest BCUT2D eigenvalue weighted by atomic mass is 10.6. The molecule has 9 heteroatoms. The van der Waals surface area contributed by atoms with E-state index in [-0.39, 0.29) is 17.4 Å². The predicted octanol–water partition coefficient (Wildman–Crippen LogP) is -0.764. The lowest BCUT2D eigenvalue weighted by molar-refractivity contribution is 0.317. The summed E-state index contributed by atoms with van der Waals surface area (Å²) >= 11 is 0. The Morgan fingerprint density at radius 3 is 2.82 bits per heavy atom. The maximum atomic E-state index is 11.8. The molecule has 0 spiro atoms. The van der Waals surface area contributed by atoms with Crippen LogP contribution < -0.4 is 10.5 Å². The van der Waals surface area contributed by atoms with E-state index in [0.29, 0.717) is 12.4 Å². The van der Waals surface area contributed by atoms with Gasteiger partial charge in [0, 0.05) is 12.7 Å². The zero-order valence-electron chi connectivity index (χ0n) is 9.58. The fraction of sp³-hybridized carbons (Fsp3) is 0.500. The molecule has 0 aromatic carbocycles. The number of hydrogen-bond acceptors (Lipinski definition) is 5. The monoisotopic (exact) mass is 261 g/mol. The number of imidazole rings is 1. The van der Waals surface area contributed by atoms with Crippen LogP contribution in [0.25, 0.3) is 0 Å². The van der Waals surface area contributed by atoms with Crippen molar-refractivity contribution in [3.8, 4) is 0 Å². The largest absolute Gasteiger partial charge is 0.409 e. The summed E-state index contributed by atoms with van der Waals surface area (Å²) in [6.07, 6.45) is 1.43. The minimum absolute atomic E-state index is 0.0809. The number of rotatable bonds is 5. The molecule has 96 valence electrons. The molecule has 0 aliphatic rings. The Morgan fingerprint density at radius 1 is 1.71 bits per heavy atom. The number of nitrogens with two attached hydrogens (primary N) is 1. The van der Waals surface area contributed by atoms with E-state index in [2.05, 4.69) is 14.9 Å². The van der Waals surface area contributed by atoms with Gasteiger partial charge in [0.05, 0.1) is 6.54 Å². The van der Waals surface area contributed by atoms with Gasteiger partial charge in [-0.1, -0.05) is 5.16 Å². The second kappa shape index (κ2) is 5.15. The molecule has 0 radical (unpaired) electrons. The molecule has 1 aromatic heterocycles. The Bertz CT molecular complexity index is 519. The number of sulfonamides is 1. The molecule has 0 fully saturated rings. The summed E-state index contributed by atoms with van der Waals surface area (Å²) in [4.78, 5) is 3.93. The van der Waals surface area contributed by atoms with Crippen molar-refractivity contribution < 1.29 is 13.6 Å². The van der Waals surface area contributed by atoms with E-state index >= 15 is 0 Å². The number of nitrogens with zero attached hydrogens (tertiary/aromatic N) is 3. The van der Waals surface area contributed by atoms with Crippen molar-refractivity contribution in [2.75, 3.05) is 6.54 Å². The first-order valence-corrected chi connectivity index (χ1v) is 6.39. The summed E-state index contributed by atoms with van der Waals surface area (Å²) in [6, 6.07) is 0. The van der Waals surface area contributed by atoms with Crippen molar-refractivity contribution >= 4 is 15.9 Å². The molecule has 0 amide bonds. The summed E-state index contributed by atoms with van der Waals surface area (Å²) in [7, 11) is -3.73. The summed E-state index contributed by atoms with van der Waals surface area (Å²) in [6.45, 7) is 3.96. The van der Waals surface area contributed by atoms with E-state index in [9.17, 15) is 8.42 Å². The third kappa shape index (κ3) is 3.17. The topological polar surface area (TPSA) is 123 Å². The first kappa shape index (κ1) is 13.5. The maximum absolute atomic E-state index is 11.8. The number of amidine groups is 1. The molecule has 0 aliphatic carbocycles. The quantitative estimate of drug-likeness (QED) is 0.278. The van der Waals surface area contributed by atoms with Crippen molar-refractivity contribution in [2.45, 2.75) is 25.4 Å². The van der Waals surface area contributed by atoms with E-state index in [1.807, 2.05) is 6.92 Å². The lowest BCUT2D eigenvalue weighted by Gasteiger charge is -2.02. The number of oxime groups is 1. The van der Waals surface area contributed by atoms with Crippen LogP contribution in [0, 0.1) is 6.92 Å². The fourth-order valence-corrected chi connectivity index (χ4v) is 2.21. The fourth-order valence-electron chi connectivity index (χ4n) is 1.21. The molecule has 1 aromatic rings. The number of hydrogen-bond donors (Lipinski definition) is 3. The number of aryl methyl sites for hydroxylation is 2. The summed E-state index contributed by atoms with van der Waals surface area (Å²) < 4.78 is 27.4. The SMILES string of the molecule is CCn1cc(S(=O)(=O)NCC(N)=NO)nc1C. The van der Waals surface area contributed by atoms with E-state index in [0.717, 1.165) is 0 Å². The highest BCUT2D eigenvalue weighted by molar-refractivity contribution is 7.89. The zero-order chi connectivity index (χ0) is 13.1. The molecule has 0 bridgehead atoms. The third-order valence-corrected chi connectivity index (χ3v) is 3.41. The number of aromatic nitrogens is 2.